The Kier molecular flexibility index (Phi) is 3.61. The predicted molar refractivity (Wildman–Crippen MR) is 91.5 cm³/mol. The molecule has 24 heavy (non-hydrogen) atoms. The van der Waals surface area contributed by atoms with E-state index >= 15 is 0 Å². The highest BCUT2D eigenvalue weighted by atomic mass is 16.5. The van der Waals surface area contributed by atoms with Crippen molar-refractivity contribution >= 4 is 0 Å². The maximum absolute atomic E-state index is 11.8. The summed E-state index contributed by atoms with van der Waals surface area (Å²) < 4.78 is 11.5. The van der Waals surface area contributed by atoms with Gasteiger partial charge in [-0.25, -0.2) is 0 Å². The number of pyridine rings is 1. The number of aromatic nitrogens is 1. The molecule has 0 radical (unpaired) electrons. The van der Waals surface area contributed by atoms with Gasteiger partial charge in [0.15, 0.2) is 0 Å². The maximum Gasteiger partial charge on any atom is 0.248 e. The van der Waals surface area contributed by atoms with Gasteiger partial charge in [0.25, 0.3) is 0 Å². The van der Waals surface area contributed by atoms with Crippen molar-refractivity contribution in [1.82, 2.24) is 9.88 Å². The first-order chi connectivity index (χ1) is 11.6. The summed E-state index contributed by atoms with van der Waals surface area (Å²) in [6.07, 6.45) is 2.13. The molecule has 2 aromatic rings. The van der Waals surface area contributed by atoms with E-state index in [9.17, 15) is 4.79 Å². The fourth-order valence-electron chi connectivity index (χ4n) is 3.39. The molecule has 1 aliphatic heterocycles. The Hall–Kier alpha value is -2.27. The van der Waals surface area contributed by atoms with Crippen LogP contribution in [0, 0.1) is 0 Å². The van der Waals surface area contributed by atoms with Gasteiger partial charge in [0.2, 0.25) is 5.56 Å². The van der Waals surface area contributed by atoms with E-state index in [0.717, 1.165) is 43.1 Å². The first kappa shape index (κ1) is 15.3. The van der Waals surface area contributed by atoms with Gasteiger partial charge in [0.1, 0.15) is 17.1 Å². The summed E-state index contributed by atoms with van der Waals surface area (Å²) in [5.41, 5.74) is 1.92. The molecule has 5 nitrogen and oxygen atoms in total. The van der Waals surface area contributed by atoms with E-state index < -0.39 is 0 Å². The molecule has 5 heteroatoms. The topological polar surface area (TPSA) is 54.6 Å². The predicted octanol–water partition coefficient (Wildman–Crippen LogP) is 2.87. The minimum atomic E-state index is -0.0930. The zero-order chi connectivity index (χ0) is 16.7. The van der Waals surface area contributed by atoms with Crippen molar-refractivity contribution in [3.05, 3.63) is 58.0 Å². The van der Waals surface area contributed by atoms with E-state index in [2.05, 4.69) is 28.9 Å². The molecule has 1 aromatic carbocycles. The van der Waals surface area contributed by atoms with Gasteiger partial charge in [-0.05, 0) is 43.5 Å². The highest BCUT2D eigenvalue weighted by Crippen LogP contribution is 2.46. The number of nitrogens with one attached hydrogen (secondary N) is 1. The number of hydrogen-bond acceptors (Lipinski definition) is 4. The number of nitrogens with zero attached hydrogens (tertiary/aromatic N) is 1. The van der Waals surface area contributed by atoms with Crippen LogP contribution in [-0.4, -0.2) is 29.1 Å². The van der Waals surface area contributed by atoms with Gasteiger partial charge in [-0.15, -0.1) is 0 Å². The van der Waals surface area contributed by atoms with Crippen LogP contribution in [0.25, 0.3) is 0 Å². The average Bonchev–Trinajstić information content (AvgIpc) is 3.36. The zero-order valence-electron chi connectivity index (χ0n) is 14.0. The second-order valence-corrected chi connectivity index (χ2v) is 6.81. The van der Waals surface area contributed by atoms with E-state index in [1.165, 1.54) is 5.56 Å². The van der Waals surface area contributed by atoms with Crippen molar-refractivity contribution < 1.29 is 9.47 Å². The van der Waals surface area contributed by atoms with Gasteiger partial charge < -0.3 is 14.5 Å². The molecule has 2 aliphatic rings. The number of fused-ring (bicyclic) bond motifs is 1. The lowest BCUT2D eigenvalue weighted by atomic mass is 10.1. The molecule has 1 fully saturated rings. The summed E-state index contributed by atoms with van der Waals surface area (Å²) in [7, 11) is 1.67. The van der Waals surface area contributed by atoms with Crippen LogP contribution in [0.3, 0.4) is 0 Å². The minimum Gasteiger partial charge on any atom is -0.497 e. The smallest absolute Gasteiger partial charge is 0.248 e. The minimum absolute atomic E-state index is 0.0830. The molecule has 1 spiro atoms. The number of aromatic amines is 1. The highest BCUT2D eigenvalue weighted by Gasteiger charge is 2.49. The number of rotatable bonds is 3. The molecule has 1 atom stereocenters. The van der Waals surface area contributed by atoms with Gasteiger partial charge in [-0.3, -0.25) is 9.69 Å². The van der Waals surface area contributed by atoms with Crippen LogP contribution in [0.2, 0.25) is 0 Å². The van der Waals surface area contributed by atoms with Crippen LogP contribution in [0.5, 0.6) is 11.5 Å². The zero-order valence-corrected chi connectivity index (χ0v) is 14.0. The van der Waals surface area contributed by atoms with Crippen LogP contribution >= 0.6 is 0 Å². The number of H-pyrrole nitrogens is 1. The SMILES string of the molecule is COc1ccc(CN2CC3(CC3)Oc3ccc(=O)[nH]c3[C@H]2C)cc1. The fraction of sp³-hybridized carbons (Fsp3) is 0.421. The number of benzene rings is 1. The Balaban J connectivity index is 1.65. The molecule has 2 heterocycles. The molecule has 1 aromatic heterocycles. The lowest BCUT2D eigenvalue weighted by Crippen LogP contribution is -2.35. The van der Waals surface area contributed by atoms with Crippen molar-refractivity contribution in [3.63, 3.8) is 0 Å². The van der Waals surface area contributed by atoms with E-state index in [1.54, 1.807) is 13.2 Å². The van der Waals surface area contributed by atoms with Crippen molar-refractivity contribution in [3.8, 4) is 11.5 Å². The molecule has 0 saturated heterocycles. The molecular weight excluding hydrogens is 304 g/mol. The Labute approximate surface area is 141 Å². The maximum atomic E-state index is 11.8. The van der Waals surface area contributed by atoms with E-state index in [-0.39, 0.29) is 17.2 Å². The van der Waals surface area contributed by atoms with Crippen molar-refractivity contribution in [2.75, 3.05) is 13.7 Å². The Morgan fingerprint density at radius 2 is 2.00 bits per heavy atom. The Bertz CT molecular complexity index is 793. The van der Waals surface area contributed by atoms with Gasteiger partial charge in [0, 0.05) is 19.2 Å². The van der Waals surface area contributed by atoms with Crippen LogP contribution in [0.4, 0.5) is 0 Å². The van der Waals surface area contributed by atoms with E-state index in [0.29, 0.717) is 0 Å². The number of methoxy groups -OCH3 is 1. The first-order valence-corrected chi connectivity index (χ1v) is 8.38. The molecular formula is C19H22N2O3. The van der Waals surface area contributed by atoms with Gasteiger partial charge in [-0.1, -0.05) is 12.1 Å². The third kappa shape index (κ3) is 2.80. The summed E-state index contributed by atoms with van der Waals surface area (Å²) in [4.78, 5) is 17.1. The summed E-state index contributed by atoms with van der Waals surface area (Å²) in [6.45, 7) is 3.81. The van der Waals surface area contributed by atoms with Crippen LogP contribution < -0.4 is 15.0 Å². The molecule has 0 amide bonds. The molecule has 0 bridgehead atoms. The third-order valence-corrected chi connectivity index (χ3v) is 5.05. The lowest BCUT2D eigenvalue weighted by molar-refractivity contribution is 0.107. The van der Waals surface area contributed by atoms with Gasteiger partial charge >= 0.3 is 0 Å². The first-order valence-electron chi connectivity index (χ1n) is 8.38. The van der Waals surface area contributed by atoms with Crippen molar-refractivity contribution in [2.45, 2.75) is 38.0 Å². The number of hydrogen-bond donors (Lipinski definition) is 1. The third-order valence-electron chi connectivity index (χ3n) is 5.05. The molecule has 1 aliphatic carbocycles. The quantitative estimate of drug-likeness (QED) is 0.942. The standard InChI is InChI=1S/C19H22N2O3/c1-13-18-16(7-8-17(22)20-18)24-19(9-10-19)12-21(13)11-14-3-5-15(23-2)6-4-14/h3-8,13H,9-12H2,1-2H3,(H,20,22)/t13-/m1/s1. The largest absolute Gasteiger partial charge is 0.497 e. The lowest BCUT2D eigenvalue weighted by Gasteiger charge is -2.28. The molecule has 1 N–H and O–H groups in total. The van der Waals surface area contributed by atoms with Crippen LogP contribution in [-0.2, 0) is 6.54 Å². The monoisotopic (exact) mass is 326 g/mol. The fourth-order valence-corrected chi connectivity index (χ4v) is 3.39. The van der Waals surface area contributed by atoms with Gasteiger partial charge in [-0.2, -0.15) is 0 Å². The highest BCUT2D eigenvalue weighted by molar-refractivity contribution is 5.33. The van der Waals surface area contributed by atoms with E-state index in [4.69, 9.17) is 9.47 Å². The summed E-state index contributed by atoms with van der Waals surface area (Å²) in [5.74, 6) is 1.68. The van der Waals surface area contributed by atoms with Crippen LogP contribution in [0.15, 0.2) is 41.2 Å². The van der Waals surface area contributed by atoms with Crippen molar-refractivity contribution in [1.29, 1.82) is 0 Å². The molecule has 1 saturated carbocycles. The summed E-state index contributed by atoms with van der Waals surface area (Å²) >= 11 is 0. The second-order valence-electron chi connectivity index (χ2n) is 6.81. The molecule has 4 rings (SSSR count). The second kappa shape index (κ2) is 5.67. The molecule has 126 valence electrons. The Morgan fingerprint density at radius 1 is 1.25 bits per heavy atom. The van der Waals surface area contributed by atoms with Crippen molar-refractivity contribution in [2.24, 2.45) is 0 Å². The van der Waals surface area contributed by atoms with E-state index in [1.807, 2.05) is 18.2 Å². The normalized spacial score (nSPS) is 21.7. The Morgan fingerprint density at radius 3 is 2.67 bits per heavy atom. The van der Waals surface area contributed by atoms with Crippen LogP contribution in [0.1, 0.15) is 37.1 Å². The average molecular weight is 326 g/mol. The summed E-state index contributed by atoms with van der Waals surface area (Å²) in [6, 6.07) is 11.6. The number of ether oxygens (including phenoxy) is 2. The summed E-state index contributed by atoms with van der Waals surface area (Å²) in [5, 5.41) is 0. The molecule has 0 unspecified atom stereocenters. The van der Waals surface area contributed by atoms with Gasteiger partial charge in [0.05, 0.1) is 18.8 Å².